The van der Waals surface area contributed by atoms with E-state index in [2.05, 4.69) is 26.7 Å². The summed E-state index contributed by atoms with van der Waals surface area (Å²) < 4.78 is 25.5. The maximum Gasteiger partial charge on any atom is 0.307 e. The molecule has 0 aliphatic heterocycles. The van der Waals surface area contributed by atoms with Crippen LogP contribution in [0.25, 0.3) is 0 Å². The maximum atomic E-state index is 12.8. The van der Waals surface area contributed by atoms with Gasteiger partial charge in [0, 0.05) is 12.8 Å². The van der Waals surface area contributed by atoms with Crippen molar-refractivity contribution in [3.63, 3.8) is 0 Å². The van der Waals surface area contributed by atoms with Crippen molar-refractivity contribution in [2.24, 2.45) is 5.41 Å². The minimum absolute atomic E-state index is 0.0941. The van der Waals surface area contributed by atoms with Crippen molar-refractivity contribution < 1.29 is 8.78 Å². The Balaban J connectivity index is 4.28. The van der Waals surface area contributed by atoms with E-state index >= 15 is 0 Å². The number of rotatable bonds is 4. The monoisotopic (exact) mass is 202 g/mol. The first-order valence-electron chi connectivity index (χ1n) is 5.27. The van der Waals surface area contributed by atoms with Crippen LogP contribution in [0.1, 0.15) is 53.4 Å². The van der Waals surface area contributed by atoms with Crippen LogP contribution in [0.2, 0.25) is 0 Å². The molecule has 0 saturated heterocycles. The molecule has 0 heterocycles. The molecule has 0 nitrogen and oxygen atoms in total. The second-order valence-corrected chi connectivity index (χ2v) is 4.05. The van der Waals surface area contributed by atoms with Crippen LogP contribution >= 0.6 is 0 Å². The van der Waals surface area contributed by atoms with E-state index in [-0.39, 0.29) is 11.8 Å². The Morgan fingerprint density at radius 3 is 1.86 bits per heavy atom. The van der Waals surface area contributed by atoms with Crippen LogP contribution in [0.5, 0.6) is 0 Å². The summed E-state index contributed by atoms with van der Waals surface area (Å²) in [5.74, 6) is 1.87. The molecule has 0 bridgehead atoms. The first-order chi connectivity index (χ1) is 6.39. The fourth-order valence-corrected chi connectivity index (χ4v) is 0.975. The lowest BCUT2D eigenvalue weighted by Crippen LogP contribution is -2.14. The topological polar surface area (TPSA) is 0 Å². The molecule has 0 amide bonds. The summed E-state index contributed by atoms with van der Waals surface area (Å²) in [5, 5.41) is 0. The van der Waals surface area contributed by atoms with Crippen molar-refractivity contribution in [3.8, 4) is 11.8 Å². The molecule has 2 heteroatoms. The van der Waals surface area contributed by atoms with Crippen molar-refractivity contribution in [2.75, 3.05) is 0 Å². The third-order valence-electron chi connectivity index (χ3n) is 2.94. The summed E-state index contributed by atoms with van der Waals surface area (Å²) in [6, 6.07) is 0. The third kappa shape index (κ3) is 4.60. The maximum absolute atomic E-state index is 12.8. The van der Waals surface area contributed by atoms with Gasteiger partial charge in [0.25, 0.3) is 0 Å². The van der Waals surface area contributed by atoms with Gasteiger partial charge in [-0.15, -0.1) is 0 Å². The highest BCUT2D eigenvalue weighted by Crippen LogP contribution is 2.29. The fourth-order valence-electron chi connectivity index (χ4n) is 0.975. The first-order valence-corrected chi connectivity index (χ1v) is 5.27. The molecule has 0 fully saturated rings. The van der Waals surface area contributed by atoms with Gasteiger partial charge in [0.1, 0.15) is 0 Å². The second-order valence-electron chi connectivity index (χ2n) is 4.05. The van der Waals surface area contributed by atoms with Gasteiger partial charge in [0.05, 0.1) is 0 Å². The average Bonchev–Trinajstić information content (AvgIpc) is 2.17. The summed E-state index contributed by atoms with van der Waals surface area (Å²) >= 11 is 0. The Morgan fingerprint density at radius 1 is 1.00 bits per heavy atom. The molecule has 0 aromatic heterocycles. The van der Waals surface area contributed by atoms with Gasteiger partial charge in [0.15, 0.2) is 0 Å². The van der Waals surface area contributed by atoms with Gasteiger partial charge in [-0.2, -0.15) is 8.78 Å². The highest BCUT2D eigenvalue weighted by molar-refractivity contribution is 5.10. The largest absolute Gasteiger partial charge is 0.307 e. The zero-order chi connectivity index (χ0) is 11.2. The lowest BCUT2D eigenvalue weighted by Gasteiger charge is -2.23. The van der Waals surface area contributed by atoms with Crippen molar-refractivity contribution in [1.29, 1.82) is 0 Å². The van der Waals surface area contributed by atoms with Crippen LogP contribution in [0.4, 0.5) is 8.78 Å². The molecule has 0 atom stereocenters. The Kier molecular flexibility index (Phi) is 5.12. The minimum atomic E-state index is -2.80. The highest BCUT2D eigenvalue weighted by atomic mass is 19.3. The van der Waals surface area contributed by atoms with Crippen LogP contribution < -0.4 is 0 Å². The van der Waals surface area contributed by atoms with E-state index in [1.807, 2.05) is 5.92 Å². The van der Waals surface area contributed by atoms with Gasteiger partial charge < -0.3 is 0 Å². The molecule has 14 heavy (non-hydrogen) atoms. The molecule has 0 aromatic carbocycles. The summed E-state index contributed by atoms with van der Waals surface area (Å²) in [6.07, 6.45) is 2.33. The van der Waals surface area contributed by atoms with Crippen LogP contribution in [-0.4, -0.2) is 5.92 Å². The predicted molar refractivity (Wildman–Crippen MR) is 56.3 cm³/mol. The molecule has 0 aliphatic carbocycles. The number of hydrogen-bond acceptors (Lipinski definition) is 0. The highest BCUT2D eigenvalue weighted by Gasteiger charge is 2.23. The van der Waals surface area contributed by atoms with Gasteiger partial charge in [-0.05, 0) is 24.2 Å². The van der Waals surface area contributed by atoms with Crippen LogP contribution in [0, 0.1) is 17.3 Å². The standard InChI is InChI=1S/C12H20F2/c1-5-11(4,6-2)9-8-10-12(13,14)7-3/h5-7,9H2,1-4H3. The summed E-state index contributed by atoms with van der Waals surface area (Å²) in [4.78, 5) is 0. The zero-order valence-electron chi connectivity index (χ0n) is 9.58. The average molecular weight is 202 g/mol. The van der Waals surface area contributed by atoms with E-state index in [4.69, 9.17) is 0 Å². The normalized spacial score (nSPS) is 12.1. The second kappa shape index (κ2) is 5.34. The third-order valence-corrected chi connectivity index (χ3v) is 2.94. The molecule has 0 rings (SSSR count). The van der Waals surface area contributed by atoms with Crippen molar-refractivity contribution >= 4 is 0 Å². The van der Waals surface area contributed by atoms with Gasteiger partial charge in [-0.1, -0.05) is 33.6 Å². The quantitative estimate of drug-likeness (QED) is 0.598. The minimum Gasteiger partial charge on any atom is -0.192 e. The Morgan fingerprint density at radius 2 is 1.50 bits per heavy atom. The Hall–Kier alpha value is -0.580. The molecule has 0 aliphatic rings. The number of hydrogen-bond donors (Lipinski definition) is 0. The summed E-state index contributed by atoms with van der Waals surface area (Å²) in [5.41, 5.74) is 0.0941. The predicted octanol–water partition coefficient (Wildman–Crippen LogP) is 4.25. The molecule has 0 aromatic rings. The molecular formula is C12H20F2. The Labute approximate surface area is 86.1 Å². The molecular weight excluding hydrogens is 182 g/mol. The first kappa shape index (κ1) is 13.4. The fraction of sp³-hybridized carbons (Fsp3) is 0.833. The van der Waals surface area contributed by atoms with E-state index in [0.29, 0.717) is 6.42 Å². The van der Waals surface area contributed by atoms with Gasteiger partial charge >= 0.3 is 5.92 Å². The van der Waals surface area contributed by atoms with E-state index < -0.39 is 5.92 Å². The van der Waals surface area contributed by atoms with Crippen molar-refractivity contribution in [3.05, 3.63) is 0 Å². The van der Waals surface area contributed by atoms with Gasteiger partial charge in [-0.25, -0.2) is 0 Å². The summed E-state index contributed by atoms with van der Waals surface area (Å²) in [7, 11) is 0. The van der Waals surface area contributed by atoms with Crippen molar-refractivity contribution in [2.45, 2.75) is 59.3 Å². The molecule has 82 valence electrons. The Bertz CT molecular complexity index is 216. The zero-order valence-corrected chi connectivity index (χ0v) is 9.58. The number of alkyl halides is 2. The van der Waals surface area contributed by atoms with Crippen LogP contribution in [0.15, 0.2) is 0 Å². The van der Waals surface area contributed by atoms with E-state index in [9.17, 15) is 8.78 Å². The number of halogens is 2. The van der Waals surface area contributed by atoms with E-state index in [1.165, 1.54) is 6.92 Å². The molecule has 0 saturated carbocycles. The molecule has 0 radical (unpaired) electrons. The van der Waals surface area contributed by atoms with Crippen LogP contribution in [-0.2, 0) is 0 Å². The van der Waals surface area contributed by atoms with Gasteiger partial charge in [0.2, 0.25) is 0 Å². The lowest BCUT2D eigenvalue weighted by atomic mass is 9.82. The SMILES string of the molecule is CCC(F)(F)C#CCC(C)(CC)CC. The van der Waals surface area contributed by atoms with E-state index in [0.717, 1.165) is 12.8 Å². The van der Waals surface area contributed by atoms with E-state index in [1.54, 1.807) is 0 Å². The smallest absolute Gasteiger partial charge is 0.192 e. The summed E-state index contributed by atoms with van der Waals surface area (Å²) in [6.45, 7) is 7.69. The molecule has 0 unspecified atom stereocenters. The lowest BCUT2D eigenvalue weighted by molar-refractivity contribution is 0.0621. The van der Waals surface area contributed by atoms with Gasteiger partial charge in [-0.3, -0.25) is 0 Å². The molecule has 0 spiro atoms. The molecule has 0 N–H and O–H groups in total. The van der Waals surface area contributed by atoms with Crippen LogP contribution in [0.3, 0.4) is 0 Å². The van der Waals surface area contributed by atoms with Crippen molar-refractivity contribution in [1.82, 2.24) is 0 Å².